The average Bonchev–Trinajstić information content (AvgIpc) is 2.74. The Morgan fingerprint density at radius 3 is 3.08 bits per heavy atom. The molecule has 0 bridgehead atoms. The predicted octanol–water partition coefficient (Wildman–Crippen LogP) is 1.25. The molecule has 0 aromatic carbocycles. The van der Waals surface area contributed by atoms with Crippen molar-refractivity contribution in [3.8, 4) is 0 Å². The van der Waals surface area contributed by atoms with Gasteiger partial charge in [0.1, 0.15) is 0 Å². The third kappa shape index (κ3) is 1.94. The van der Waals surface area contributed by atoms with Gasteiger partial charge in [-0.2, -0.15) is 0 Å². The third-order valence-corrected chi connectivity index (χ3v) is 3.45. The first-order valence-corrected chi connectivity index (χ1v) is 5.39. The molecule has 13 heavy (non-hydrogen) atoms. The van der Waals surface area contributed by atoms with Gasteiger partial charge in [-0.05, 0) is 38.3 Å². The summed E-state index contributed by atoms with van der Waals surface area (Å²) in [4.78, 5) is 2.58. The molecule has 1 atom stereocenters. The van der Waals surface area contributed by atoms with Gasteiger partial charge in [0.2, 0.25) is 0 Å². The molecule has 2 aliphatic heterocycles. The number of nitrogens with one attached hydrogen (secondary N) is 1. The van der Waals surface area contributed by atoms with E-state index < -0.39 is 0 Å². The lowest BCUT2D eigenvalue weighted by Gasteiger charge is -2.21. The van der Waals surface area contributed by atoms with Crippen LogP contribution in [0, 0.1) is 5.41 Å². The second kappa shape index (κ2) is 3.81. The van der Waals surface area contributed by atoms with E-state index in [1.165, 1.54) is 39.0 Å². The number of hydrogen-bond donors (Lipinski definition) is 1. The van der Waals surface area contributed by atoms with Gasteiger partial charge in [-0.1, -0.05) is 12.2 Å². The molecule has 1 N–H and O–H groups in total. The molecule has 0 radical (unpaired) electrons. The molecule has 2 heteroatoms. The molecule has 74 valence electrons. The van der Waals surface area contributed by atoms with Crippen molar-refractivity contribution in [2.45, 2.75) is 19.8 Å². The molecule has 0 amide bonds. The van der Waals surface area contributed by atoms with Crippen molar-refractivity contribution in [1.29, 1.82) is 0 Å². The summed E-state index contributed by atoms with van der Waals surface area (Å²) >= 11 is 0. The van der Waals surface area contributed by atoms with Gasteiger partial charge >= 0.3 is 0 Å². The van der Waals surface area contributed by atoms with E-state index in [-0.39, 0.29) is 0 Å². The van der Waals surface area contributed by atoms with E-state index in [1.807, 2.05) is 0 Å². The summed E-state index contributed by atoms with van der Waals surface area (Å²) in [5.41, 5.74) is 0.640. The summed E-state index contributed by atoms with van der Waals surface area (Å²) in [7, 11) is 0. The van der Waals surface area contributed by atoms with Crippen LogP contribution in [-0.4, -0.2) is 37.6 Å². The van der Waals surface area contributed by atoms with E-state index in [1.54, 1.807) is 0 Å². The topological polar surface area (TPSA) is 15.3 Å². The molecular weight excluding hydrogens is 160 g/mol. The van der Waals surface area contributed by atoms with Gasteiger partial charge in [0.25, 0.3) is 0 Å². The van der Waals surface area contributed by atoms with E-state index in [0.29, 0.717) is 5.41 Å². The molecule has 1 unspecified atom stereocenters. The minimum absolute atomic E-state index is 0.640. The van der Waals surface area contributed by atoms with Crippen LogP contribution in [0.4, 0.5) is 0 Å². The molecule has 1 spiro atoms. The highest BCUT2D eigenvalue weighted by Crippen LogP contribution is 2.35. The van der Waals surface area contributed by atoms with Crippen LogP contribution in [0.1, 0.15) is 19.8 Å². The highest BCUT2D eigenvalue weighted by Gasteiger charge is 2.39. The molecule has 2 rings (SSSR count). The second-order valence-electron chi connectivity index (χ2n) is 4.48. The number of hydrogen-bond acceptors (Lipinski definition) is 2. The Kier molecular flexibility index (Phi) is 2.70. The zero-order valence-electron chi connectivity index (χ0n) is 8.55. The highest BCUT2D eigenvalue weighted by atomic mass is 15.2. The number of likely N-dealkylation sites (tertiary alicyclic amines) is 1. The summed E-state index contributed by atoms with van der Waals surface area (Å²) in [5, 5.41) is 3.49. The first kappa shape index (κ1) is 9.22. The quantitative estimate of drug-likeness (QED) is 0.643. The Morgan fingerprint density at radius 1 is 1.46 bits per heavy atom. The maximum absolute atomic E-state index is 3.49. The Hall–Kier alpha value is -0.340. The first-order valence-electron chi connectivity index (χ1n) is 5.39. The Labute approximate surface area is 81.0 Å². The van der Waals surface area contributed by atoms with Crippen LogP contribution >= 0.6 is 0 Å². The van der Waals surface area contributed by atoms with Crippen molar-refractivity contribution >= 4 is 0 Å². The average molecular weight is 180 g/mol. The molecule has 0 aliphatic carbocycles. The van der Waals surface area contributed by atoms with Crippen LogP contribution in [0.15, 0.2) is 12.2 Å². The molecule has 2 fully saturated rings. The SMILES string of the molecule is C/C=C/CN1CCC2(CCNC2)C1. The minimum atomic E-state index is 0.640. The zero-order valence-corrected chi connectivity index (χ0v) is 8.55. The minimum Gasteiger partial charge on any atom is -0.316 e. The zero-order chi connectivity index (χ0) is 9.15. The van der Waals surface area contributed by atoms with Crippen LogP contribution in [0.25, 0.3) is 0 Å². The monoisotopic (exact) mass is 180 g/mol. The fraction of sp³-hybridized carbons (Fsp3) is 0.818. The maximum Gasteiger partial charge on any atom is 0.0163 e. The number of allylic oxidation sites excluding steroid dienone is 1. The fourth-order valence-corrected chi connectivity index (χ4v) is 2.58. The Bertz CT molecular complexity index is 192. The molecular formula is C11H20N2. The molecule has 0 aromatic heterocycles. The number of rotatable bonds is 2. The van der Waals surface area contributed by atoms with Crippen molar-refractivity contribution in [2.75, 3.05) is 32.7 Å². The van der Waals surface area contributed by atoms with E-state index in [9.17, 15) is 0 Å². The van der Waals surface area contributed by atoms with Gasteiger partial charge in [-0.3, -0.25) is 4.90 Å². The van der Waals surface area contributed by atoms with E-state index in [4.69, 9.17) is 0 Å². The van der Waals surface area contributed by atoms with Crippen molar-refractivity contribution < 1.29 is 0 Å². The molecule has 0 aromatic rings. The first-order chi connectivity index (χ1) is 6.35. The van der Waals surface area contributed by atoms with Crippen LogP contribution in [0.5, 0.6) is 0 Å². The predicted molar refractivity (Wildman–Crippen MR) is 55.8 cm³/mol. The highest BCUT2D eigenvalue weighted by molar-refractivity contribution is 4.97. The van der Waals surface area contributed by atoms with Gasteiger partial charge in [0.05, 0.1) is 0 Å². The molecule has 2 heterocycles. The van der Waals surface area contributed by atoms with E-state index in [2.05, 4.69) is 29.3 Å². The standard InChI is InChI=1S/C11H20N2/c1-2-3-7-13-8-5-11(10-13)4-6-12-9-11/h2-3,12H,4-10H2,1H3/b3-2+. The normalized spacial score (nSPS) is 35.5. The molecule has 2 nitrogen and oxygen atoms in total. The van der Waals surface area contributed by atoms with Crippen molar-refractivity contribution in [2.24, 2.45) is 5.41 Å². The Morgan fingerprint density at radius 2 is 2.38 bits per heavy atom. The summed E-state index contributed by atoms with van der Waals surface area (Å²) < 4.78 is 0. The summed E-state index contributed by atoms with van der Waals surface area (Å²) in [6.45, 7) is 8.34. The van der Waals surface area contributed by atoms with Crippen LogP contribution in [-0.2, 0) is 0 Å². The molecule has 2 aliphatic rings. The Balaban J connectivity index is 1.86. The van der Waals surface area contributed by atoms with Crippen molar-refractivity contribution in [3.05, 3.63) is 12.2 Å². The molecule has 0 saturated carbocycles. The van der Waals surface area contributed by atoms with Gasteiger partial charge in [0.15, 0.2) is 0 Å². The third-order valence-electron chi connectivity index (χ3n) is 3.45. The second-order valence-corrected chi connectivity index (χ2v) is 4.48. The van der Waals surface area contributed by atoms with Crippen molar-refractivity contribution in [3.63, 3.8) is 0 Å². The number of nitrogens with zero attached hydrogens (tertiary/aromatic N) is 1. The fourth-order valence-electron chi connectivity index (χ4n) is 2.58. The van der Waals surface area contributed by atoms with Crippen LogP contribution in [0.3, 0.4) is 0 Å². The molecule has 2 saturated heterocycles. The lowest BCUT2D eigenvalue weighted by molar-refractivity contribution is 0.293. The van der Waals surface area contributed by atoms with Gasteiger partial charge in [-0.25, -0.2) is 0 Å². The van der Waals surface area contributed by atoms with Crippen molar-refractivity contribution in [1.82, 2.24) is 10.2 Å². The summed E-state index contributed by atoms with van der Waals surface area (Å²) in [6.07, 6.45) is 7.20. The van der Waals surface area contributed by atoms with E-state index in [0.717, 1.165) is 6.54 Å². The smallest absolute Gasteiger partial charge is 0.0163 e. The van der Waals surface area contributed by atoms with Gasteiger partial charge in [0, 0.05) is 19.6 Å². The maximum atomic E-state index is 3.49. The lowest BCUT2D eigenvalue weighted by Crippen LogP contribution is -2.29. The summed E-state index contributed by atoms with van der Waals surface area (Å²) in [5.74, 6) is 0. The summed E-state index contributed by atoms with van der Waals surface area (Å²) in [6, 6.07) is 0. The van der Waals surface area contributed by atoms with Gasteiger partial charge in [-0.15, -0.1) is 0 Å². The van der Waals surface area contributed by atoms with Crippen LogP contribution < -0.4 is 5.32 Å². The van der Waals surface area contributed by atoms with E-state index >= 15 is 0 Å². The lowest BCUT2D eigenvalue weighted by atomic mass is 9.87. The van der Waals surface area contributed by atoms with Crippen LogP contribution in [0.2, 0.25) is 0 Å². The largest absolute Gasteiger partial charge is 0.316 e. The van der Waals surface area contributed by atoms with Gasteiger partial charge < -0.3 is 5.32 Å².